The molecule has 2 nitrogen and oxygen atoms in total. The van der Waals surface area contributed by atoms with Crippen LogP contribution in [-0.4, -0.2) is 23.5 Å². The van der Waals surface area contributed by atoms with Gasteiger partial charge in [0.15, 0.2) is 0 Å². The molecular formula is C20H19F3N2. The highest BCUT2D eigenvalue weighted by Crippen LogP contribution is 2.29. The van der Waals surface area contributed by atoms with Gasteiger partial charge in [0.1, 0.15) is 0 Å². The summed E-state index contributed by atoms with van der Waals surface area (Å²) in [5.41, 5.74) is 2.48. The Kier molecular flexibility index (Phi) is 4.95. The van der Waals surface area contributed by atoms with E-state index in [9.17, 15) is 13.2 Å². The molecule has 130 valence electrons. The minimum absolute atomic E-state index is 0.623. The summed E-state index contributed by atoms with van der Waals surface area (Å²) in [6.07, 6.45) is 1.43. The number of alkyl halides is 3. The first-order chi connectivity index (χ1) is 11.9. The normalized spacial score (nSPS) is 12.5. The van der Waals surface area contributed by atoms with Crippen molar-refractivity contribution in [2.75, 3.05) is 13.6 Å². The fourth-order valence-corrected chi connectivity index (χ4v) is 2.73. The van der Waals surface area contributed by atoms with Crippen LogP contribution in [0.25, 0.3) is 17.0 Å². The maximum Gasteiger partial charge on any atom is 0.416 e. The van der Waals surface area contributed by atoms with E-state index in [1.165, 1.54) is 23.1 Å². The minimum atomic E-state index is -4.29. The van der Waals surface area contributed by atoms with E-state index in [0.29, 0.717) is 6.54 Å². The zero-order valence-electron chi connectivity index (χ0n) is 13.8. The van der Waals surface area contributed by atoms with Gasteiger partial charge in [0.05, 0.1) is 5.56 Å². The van der Waals surface area contributed by atoms with E-state index in [1.807, 2.05) is 31.5 Å². The highest BCUT2D eigenvalue weighted by molar-refractivity contribution is 5.79. The van der Waals surface area contributed by atoms with Crippen molar-refractivity contribution in [2.45, 2.75) is 12.7 Å². The number of halogens is 3. The summed E-state index contributed by atoms with van der Waals surface area (Å²) < 4.78 is 37.6. The molecule has 5 heteroatoms. The Hall–Kier alpha value is -2.53. The highest BCUT2D eigenvalue weighted by Gasteiger charge is 2.29. The van der Waals surface area contributed by atoms with Gasteiger partial charge in [0.25, 0.3) is 0 Å². The third-order valence-electron chi connectivity index (χ3n) is 4.04. The number of aromatic nitrogens is 1. The molecule has 1 heterocycles. The molecule has 0 unspecified atom stereocenters. The molecule has 0 amide bonds. The van der Waals surface area contributed by atoms with Crippen LogP contribution >= 0.6 is 0 Å². The van der Waals surface area contributed by atoms with Crippen LogP contribution in [-0.2, 0) is 12.7 Å². The van der Waals surface area contributed by atoms with Crippen LogP contribution in [0.3, 0.4) is 0 Å². The number of hydrogen-bond acceptors (Lipinski definition) is 1. The second kappa shape index (κ2) is 7.15. The lowest BCUT2D eigenvalue weighted by atomic mass is 10.1. The molecule has 0 aliphatic rings. The van der Waals surface area contributed by atoms with E-state index >= 15 is 0 Å². The lowest BCUT2D eigenvalue weighted by Gasteiger charge is -2.14. The number of nitrogens with zero attached hydrogens (tertiary/aromatic N) is 1. The Morgan fingerprint density at radius 3 is 2.52 bits per heavy atom. The number of fused-ring (bicyclic) bond motifs is 1. The van der Waals surface area contributed by atoms with Crippen LogP contribution in [0.15, 0.2) is 60.8 Å². The van der Waals surface area contributed by atoms with Crippen LogP contribution in [0.2, 0.25) is 0 Å². The van der Waals surface area contributed by atoms with Gasteiger partial charge >= 0.3 is 6.18 Å². The average molecular weight is 344 g/mol. The van der Waals surface area contributed by atoms with E-state index in [-0.39, 0.29) is 0 Å². The Balaban J connectivity index is 1.56. The lowest BCUT2D eigenvalue weighted by Crippen LogP contribution is -2.17. The van der Waals surface area contributed by atoms with Crippen molar-refractivity contribution in [3.8, 4) is 0 Å². The Bertz CT molecular complexity index is 861. The van der Waals surface area contributed by atoms with Crippen LogP contribution in [0.1, 0.15) is 16.7 Å². The predicted molar refractivity (Wildman–Crippen MR) is 95.1 cm³/mol. The summed E-state index contributed by atoms with van der Waals surface area (Å²) in [4.78, 5) is 5.32. The smallest absolute Gasteiger partial charge is 0.361 e. The van der Waals surface area contributed by atoms with Crippen molar-refractivity contribution in [3.05, 3.63) is 77.5 Å². The zero-order valence-corrected chi connectivity index (χ0v) is 13.8. The third kappa shape index (κ3) is 4.51. The Morgan fingerprint density at radius 1 is 1.04 bits per heavy atom. The molecule has 3 aromatic rings. The second-order valence-electron chi connectivity index (χ2n) is 6.12. The topological polar surface area (TPSA) is 19.0 Å². The van der Waals surface area contributed by atoms with Gasteiger partial charge < -0.3 is 4.98 Å². The fourth-order valence-electron chi connectivity index (χ4n) is 2.73. The lowest BCUT2D eigenvalue weighted by molar-refractivity contribution is -0.137. The molecule has 0 bridgehead atoms. The fraction of sp³-hybridized carbons (Fsp3) is 0.200. The summed E-state index contributed by atoms with van der Waals surface area (Å²) in [6.45, 7) is 1.52. The molecule has 2 aromatic carbocycles. The summed E-state index contributed by atoms with van der Waals surface area (Å²) in [5.74, 6) is 0. The SMILES string of the molecule is CN(CC=Cc1ccc(C(F)(F)F)cc1)Cc1ccc2[nH]ccc2c1. The van der Waals surface area contributed by atoms with Crippen LogP contribution in [0, 0.1) is 0 Å². The molecule has 1 N–H and O–H groups in total. The molecule has 0 spiro atoms. The molecule has 0 aliphatic heterocycles. The zero-order chi connectivity index (χ0) is 17.9. The van der Waals surface area contributed by atoms with Gasteiger partial charge in [-0.25, -0.2) is 0 Å². The third-order valence-corrected chi connectivity index (χ3v) is 4.04. The molecule has 25 heavy (non-hydrogen) atoms. The van der Waals surface area contributed by atoms with Crippen molar-refractivity contribution in [2.24, 2.45) is 0 Å². The molecule has 0 fully saturated rings. The van der Waals surface area contributed by atoms with Crippen molar-refractivity contribution in [1.29, 1.82) is 0 Å². The van der Waals surface area contributed by atoms with E-state index in [2.05, 4.69) is 28.1 Å². The van der Waals surface area contributed by atoms with Gasteiger partial charge in [0.2, 0.25) is 0 Å². The quantitative estimate of drug-likeness (QED) is 0.663. The van der Waals surface area contributed by atoms with Gasteiger partial charge in [-0.2, -0.15) is 13.2 Å². The van der Waals surface area contributed by atoms with E-state index in [4.69, 9.17) is 0 Å². The van der Waals surface area contributed by atoms with Crippen molar-refractivity contribution in [3.63, 3.8) is 0 Å². The first-order valence-corrected chi connectivity index (χ1v) is 8.00. The van der Waals surface area contributed by atoms with Crippen LogP contribution in [0.5, 0.6) is 0 Å². The molecule has 0 saturated heterocycles. The van der Waals surface area contributed by atoms with Gasteiger partial charge in [0, 0.05) is 24.8 Å². The number of aromatic amines is 1. The van der Waals surface area contributed by atoms with Gasteiger partial charge in [-0.15, -0.1) is 0 Å². The number of likely N-dealkylation sites (N-methyl/N-ethyl adjacent to an activating group) is 1. The standard InChI is InChI=1S/C20H19F3N2/c1-25(14-16-6-9-19-17(13-16)10-11-24-19)12-2-3-15-4-7-18(8-5-15)20(21,22)23/h2-11,13,24H,12,14H2,1H3. The van der Waals surface area contributed by atoms with E-state index < -0.39 is 11.7 Å². The number of benzene rings is 2. The number of nitrogens with one attached hydrogen (secondary N) is 1. The van der Waals surface area contributed by atoms with Crippen LogP contribution in [0.4, 0.5) is 13.2 Å². The molecule has 3 rings (SSSR count). The monoisotopic (exact) mass is 344 g/mol. The average Bonchev–Trinajstić information content (AvgIpc) is 3.02. The molecule has 1 aromatic heterocycles. The Labute approximate surface area is 144 Å². The first kappa shape index (κ1) is 17.3. The maximum atomic E-state index is 12.5. The molecule has 0 aliphatic carbocycles. The first-order valence-electron chi connectivity index (χ1n) is 8.00. The van der Waals surface area contributed by atoms with Gasteiger partial charge in [-0.05, 0) is 53.9 Å². The minimum Gasteiger partial charge on any atom is -0.361 e. The summed E-state index contributed by atoms with van der Waals surface area (Å²) in [7, 11) is 2.01. The molecular weight excluding hydrogens is 325 g/mol. The summed E-state index contributed by atoms with van der Waals surface area (Å²) in [5, 5.41) is 1.19. The second-order valence-corrected chi connectivity index (χ2v) is 6.12. The highest BCUT2D eigenvalue weighted by atomic mass is 19.4. The largest absolute Gasteiger partial charge is 0.416 e. The Morgan fingerprint density at radius 2 is 1.80 bits per heavy atom. The number of hydrogen-bond donors (Lipinski definition) is 1. The van der Waals surface area contributed by atoms with Crippen molar-refractivity contribution in [1.82, 2.24) is 9.88 Å². The van der Waals surface area contributed by atoms with E-state index in [1.54, 1.807) is 0 Å². The number of H-pyrrole nitrogens is 1. The summed E-state index contributed by atoms with van der Waals surface area (Å²) in [6, 6.07) is 13.5. The van der Waals surface area contributed by atoms with Gasteiger partial charge in [-0.1, -0.05) is 30.4 Å². The summed E-state index contributed by atoms with van der Waals surface area (Å²) >= 11 is 0. The number of rotatable bonds is 5. The van der Waals surface area contributed by atoms with E-state index in [0.717, 1.165) is 29.8 Å². The van der Waals surface area contributed by atoms with Crippen LogP contribution < -0.4 is 0 Å². The maximum absolute atomic E-state index is 12.5. The van der Waals surface area contributed by atoms with Gasteiger partial charge in [-0.3, -0.25) is 4.90 Å². The molecule has 0 radical (unpaired) electrons. The molecule has 0 saturated carbocycles. The predicted octanol–water partition coefficient (Wildman–Crippen LogP) is 5.33. The molecule has 0 atom stereocenters. The van der Waals surface area contributed by atoms with Crippen molar-refractivity contribution < 1.29 is 13.2 Å². The van der Waals surface area contributed by atoms with Crippen molar-refractivity contribution >= 4 is 17.0 Å².